The van der Waals surface area contributed by atoms with Gasteiger partial charge < -0.3 is 5.11 Å². The van der Waals surface area contributed by atoms with Gasteiger partial charge in [-0.1, -0.05) is 37.5 Å². The lowest BCUT2D eigenvalue weighted by molar-refractivity contribution is 0.0535. The molecule has 1 aromatic heterocycles. The van der Waals surface area contributed by atoms with E-state index >= 15 is 0 Å². The van der Waals surface area contributed by atoms with E-state index < -0.39 is 6.10 Å². The van der Waals surface area contributed by atoms with Gasteiger partial charge in [-0.25, -0.2) is 0 Å². The molecule has 104 valence electrons. The van der Waals surface area contributed by atoms with E-state index in [4.69, 9.17) is 0 Å². The third-order valence-electron chi connectivity index (χ3n) is 4.26. The number of hydrogen-bond acceptors (Lipinski definition) is 3. The first-order valence-corrected chi connectivity index (χ1v) is 7.33. The van der Waals surface area contributed by atoms with Crippen LogP contribution < -0.4 is 0 Å². The Labute approximate surface area is 118 Å². The summed E-state index contributed by atoms with van der Waals surface area (Å²) < 4.78 is 0. The molecule has 1 aromatic carbocycles. The van der Waals surface area contributed by atoms with Crippen LogP contribution in [-0.4, -0.2) is 22.0 Å². The van der Waals surface area contributed by atoms with E-state index in [9.17, 15) is 9.90 Å². The second kappa shape index (κ2) is 5.71. The van der Waals surface area contributed by atoms with Gasteiger partial charge >= 0.3 is 0 Å². The molecule has 1 unspecified atom stereocenters. The number of aliphatic hydroxyl groups is 1. The summed E-state index contributed by atoms with van der Waals surface area (Å²) in [6.07, 6.45) is 6.22. The average Bonchev–Trinajstić information content (AvgIpc) is 2.54. The van der Waals surface area contributed by atoms with Crippen LogP contribution in [0.2, 0.25) is 0 Å². The van der Waals surface area contributed by atoms with Gasteiger partial charge in [0, 0.05) is 17.1 Å². The number of carbonyl (C=O) groups excluding carboxylic acids is 1. The lowest BCUT2D eigenvalue weighted by Gasteiger charge is -2.25. The van der Waals surface area contributed by atoms with Crippen LogP contribution in [-0.2, 0) is 0 Å². The Hall–Kier alpha value is -1.74. The van der Waals surface area contributed by atoms with Crippen molar-refractivity contribution >= 4 is 16.7 Å². The molecule has 1 saturated carbocycles. The summed E-state index contributed by atoms with van der Waals surface area (Å²) in [7, 11) is 0. The summed E-state index contributed by atoms with van der Waals surface area (Å²) in [5, 5.41) is 11.3. The van der Waals surface area contributed by atoms with E-state index in [1.165, 1.54) is 6.42 Å². The zero-order chi connectivity index (χ0) is 13.9. The second-order valence-corrected chi connectivity index (χ2v) is 5.62. The fourth-order valence-electron chi connectivity index (χ4n) is 3.05. The zero-order valence-corrected chi connectivity index (χ0v) is 11.5. The van der Waals surface area contributed by atoms with E-state index in [2.05, 4.69) is 4.98 Å². The van der Waals surface area contributed by atoms with E-state index in [0.29, 0.717) is 5.56 Å². The van der Waals surface area contributed by atoms with Gasteiger partial charge in [0.2, 0.25) is 0 Å². The smallest absolute Gasteiger partial charge is 0.191 e. The first-order chi connectivity index (χ1) is 9.75. The molecule has 3 nitrogen and oxygen atoms in total. The van der Waals surface area contributed by atoms with Crippen LogP contribution in [0, 0.1) is 5.92 Å². The molecule has 20 heavy (non-hydrogen) atoms. The number of ketones is 1. The Balaban J connectivity index is 1.83. The lowest BCUT2D eigenvalue weighted by Crippen LogP contribution is -2.31. The highest BCUT2D eigenvalue weighted by Gasteiger charge is 2.28. The van der Waals surface area contributed by atoms with Crippen molar-refractivity contribution in [1.29, 1.82) is 0 Å². The third-order valence-corrected chi connectivity index (χ3v) is 4.26. The predicted octanol–water partition coefficient (Wildman–Crippen LogP) is 3.36. The number of pyridine rings is 1. The summed E-state index contributed by atoms with van der Waals surface area (Å²) in [5.74, 6) is -0.0415. The fourth-order valence-corrected chi connectivity index (χ4v) is 3.05. The van der Waals surface area contributed by atoms with Crippen LogP contribution in [0.1, 0.15) is 42.5 Å². The largest absolute Gasteiger partial charge is 0.385 e. The van der Waals surface area contributed by atoms with Crippen molar-refractivity contribution in [3.05, 3.63) is 42.1 Å². The Bertz CT molecular complexity index is 617. The van der Waals surface area contributed by atoms with Crippen molar-refractivity contribution in [2.45, 2.75) is 38.2 Å². The Morgan fingerprint density at radius 1 is 1.20 bits per heavy atom. The van der Waals surface area contributed by atoms with Crippen molar-refractivity contribution in [3.63, 3.8) is 0 Å². The molecular weight excluding hydrogens is 250 g/mol. The van der Waals surface area contributed by atoms with Gasteiger partial charge in [-0.3, -0.25) is 9.78 Å². The number of hydrogen-bond donors (Lipinski definition) is 1. The maximum atomic E-state index is 12.4. The van der Waals surface area contributed by atoms with E-state index in [1.54, 1.807) is 18.3 Å². The number of nitrogens with zero attached hydrogens (tertiary/aromatic N) is 1. The van der Waals surface area contributed by atoms with Crippen molar-refractivity contribution in [3.8, 4) is 0 Å². The molecule has 1 heterocycles. The maximum absolute atomic E-state index is 12.4. The van der Waals surface area contributed by atoms with Gasteiger partial charge in [-0.05, 0) is 30.9 Å². The van der Waals surface area contributed by atoms with E-state index in [-0.39, 0.29) is 11.7 Å². The Kier molecular flexibility index (Phi) is 3.79. The second-order valence-electron chi connectivity index (χ2n) is 5.62. The van der Waals surface area contributed by atoms with Gasteiger partial charge in [0.05, 0.1) is 5.52 Å². The van der Waals surface area contributed by atoms with Gasteiger partial charge in [-0.15, -0.1) is 0 Å². The molecule has 0 saturated heterocycles. The van der Waals surface area contributed by atoms with Crippen molar-refractivity contribution in [2.75, 3.05) is 0 Å². The van der Waals surface area contributed by atoms with E-state index in [0.717, 1.165) is 36.6 Å². The monoisotopic (exact) mass is 269 g/mol. The Morgan fingerprint density at radius 2 is 2.00 bits per heavy atom. The van der Waals surface area contributed by atoms with Gasteiger partial charge in [0.1, 0.15) is 6.10 Å². The highest BCUT2D eigenvalue weighted by molar-refractivity contribution is 6.02. The minimum atomic E-state index is -0.864. The fraction of sp³-hybridized carbons (Fsp3) is 0.412. The van der Waals surface area contributed by atoms with Crippen molar-refractivity contribution < 1.29 is 9.90 Å². The molecule has 0 amide bonds. The summed E-state index contributed by atoms with van der Waals surface area (Å²) in [5.41, 5.74) is 1.36. The third kappa shape index (κ3) is 2.59. The van der Waals surface area contributed by atoms with Crippen LogP contribution in [0.15, 0.2) is 36.5 Å². The number of aliphatic hydroxyl groups excluding tert-OH is 1. The molecule has 3 heteroatoms. The molecule has 0 aliphatic heterocycles. The molecule has 1 aliphatic carbocycles. The average molecular weight is 269 g/mol. The summed E-state index contributed by atoms with van der Waals surface area (Å²) in [6, 6.07) is 9.31. The molecule has 3 rings (SSSR count). The van der Waals surface area contributed by atoms with Gasteiger partial charge in [0.25, 0.3) is 0 Å². The molecule has 0 radical (unpaired) electrons. The Morgan fingerprint density at radius 3 is 2.80 bits per heavy atom. The van der Waals surface area contributed by atoms with Crippen LogP contribution >= 0.6 is 0 Å². The first kappa shape index (κ1) is 13.3. The van der Waals surface area contributed by atoms with Crippen LogP contribution in [0.4, 0.5) is 0 Å². The minimum absolute atomic E-state index is 0.121. The normalized spacial score (nSPS) is 18.1. The van der Waals surface area contributed by atoms with Crippen LogP contribution in [0.25, 0.3) is 10.9 Å². The van der Waals surface area contributed by atoms with Gasteiger partial charge in [-0.2, -0.15) is 0 Å². The number of aromatic nitrogens is 1. The molecule has 1 atom stereocenters. The summed E-state index contributed by atoms with van der Waals surface area (Å²) >= 11 is 0. The number of carbonyl (C=O) groups is 1. The molecule has 1 aliphatic rings. The molecule has 1 N–H and O–H groups in total. The standard InChI is InChI=1S/C17H19NO2/c19-16(13-5-2-1-3-6-13)17(20)14-9-8-12-7-4-10-18-15(12)11-14/h4,7-11,13,16,19H,1-3,5-6H2. The molecule has 1 fully saturated rings. The van der Waals surface area contributed by atoms with Crippen LogP contribution in [0.3, 0.4) is 0 Å². The summed E-state index contributed by atoms with van der Waals surface area (Å²) in [6.45, 7) is 0. The van der Waals surface area contributed by atoms with Crippen molar-refractivity contribution in [2.24, 2.45) is 5.92 Å². The molecule has 0 spiro atoms. The quantitative estimate of drug-likeness (QED) is 0.869. The highest BCUT2D eigenvalue weighted by Crippen LogP contribution is 2.28. The molecule has 2 aromatic rings. The van der Waals surface area contributed by atoms with Crippen molar-refractivity contribution in [1.82, 2.24) is 4.98 Å². The minimum Gasteiger partial charge on any atom is -0.385 e. The number of fused-ring (bicyclic) bond motifs is 1. The number of rotatable bonds is 3. The molecular formula is C17H19NO2. The van der Waals surface area contributed by atoms with Gasteiger partial charge in [0.15, 0.2) is 5.78 Å². The predicted molar refractivity (Wildman–Crippen MR) is 78.7 cm³/mol. The summed E-state index contributed by atoms with van der Waals surface area (Å²) in [4.78, 5) is 16.7. The number of Topliss-reactive ketones (excluding diaryl/α,β-unsaturated/α-hetero) is 1. The van der Waals surface area contributed by atoms with E-state index in [1.807, 2.05) is 18.2 Å². The topological polar surface area (TPSA) is 50.2 Å². The first-order valence-electron chi connectivity index (χ1n) is 7.33. The van der Waals surface area contributed by atoms with Crippen LogP contribution in [0.5, 0.6) is 0 Å². The lowest BCUT2D eigenvalue weighted by atomic mass is 9.82. The molecule has 0 bridgehead atoms. The maximum Gasteiger partial charge on any atom is 0.191 e. The zero-order valence-electron chi connectivity index (χ0n) is 11.5. The number of benzene rings is 1. The SMILES string of the molecule is O=C(c1ccc2cccnc2c1)C(O)C1CCCCC1. The highest BCUT2D eigenvalue weighted by atomic mass is 16.3.